The second kappa shape index (κ2) is 19.2. The molecule has 0 spiro atoms. The van der Waals surface area contributed by atoms with Crippen LogP contribution in [0.3, 0.4) is 0 Å². The highest BCUT2D eigenvalue weighted by atomic mass is 31.1. The van der Waals surface area contributed by atoms with Crippen LogP contribution >= 0.6 is 8.03 Å². The molecule has 184 valence electrons. The highest BCUT2D eigenvalue weighted by Crippen LogP contribution is 2.45. The number of quaternary nitrogens is 1. The Hall–Kier alpha value is -0.240. The summed E-state index contributed by atoms with van der Waals surface area (Å²) in [5.74, 6) is 0. The first-order valence-electron chi connectivity index (χ1n) is 13.4. The quantitative estimate of drug-likeness (QED) is 0.0709. The molecule has 0 saturated heterocycles. The molecule has 0 aromatic carbocycles. The van der Waals surface area contributed by atoms with E-state index in [2.05, 4.69) is 26.0 Å². The van der Waals surface area contributed by atoms with Crippen molar-refractivity contribution in [3.8, 4) is 0 Å². The summed E-state index contributed by atoms with van der Waals surface area (Å²) in [5.41, 5.74) is 0. The first kappa shape index (κ1) is 30.8. The van der Waals surface area contributed by atoms with E-state index in [1.54, 1.807) is 0 Å². The van der Waals surface area contributed by atoms with Crippen LogP contribution < -0.4 is 4.89 Å². The molecule has 0 aliphatic rings. The zero-order valence-electron chi connectivity index (χ0n) is 21.8. The molecule has 0 rings (SSSR count). The zero-order valence-corrected chi connectivity index (χ0v) is 22.7. The standard InChI is InChI=1S/C27H55NO2P/c1-6-8-9-10-11-12-13-14-15-16-17-18-19-20-21-22-23-24-26-27(25-7-2,31(29)30)28(3,4)5/h13-14H,6-12,15-26H2,1-5H3/q+1. The summed E-state index contributed by atoms with van der Waals surface area (Å²) in [6.45, 7) is 4.36. The molecule has 0 heterocycles. The van der Waals surface area contributed by atoms with Gasteiger partial charge in [0, 0.05) is 12.8 Å². The molecule has 0 fully saturated rings. The smallest absolute Gasteiger partial charge is 0.376 e. The van der Waals surface area contributed by atoms with E-state index in [1.807, 2.05) is 21.1 Å². The SMILES string of the molecule is CCCCCCCC=CCCCCCCCCCCCC(CCC)([P+](=O)[O-])[N+](C)(C)C. The first-order valence-corrected chi connectivity index (χ1v) is 14.6. The number of unbranched alkanes of at least 4 members (excludes halogenated alkanes) is 14. The molecule has 0 aromatic rings. The third-order valence-electron chi connectivity index (χ3n) is 6.83. The fraction of sp³-hybridized carbons (Fsp3) is 0.926. The Morgan fingerprint density at radius 3 is 1.45 bits per heavy atom. The van der Waals surface area contributed by atoms with E-state index in [9.17, 15) is 9.46 Å². The molecule has 0 bridgehead atoms. The lowest BCUT2D eigenvalue weighted by Crippen LogP contribution is -2.55. The maximum Gasteiger partial charge on any atom is 0.376 e. The fourth-order valence-electron chi connectivity index (χ4n) is 4.63. The molecule has 0 saturated carbocycles. The van der Waals surface area contributed by atoms with Crippen LogP contribution in [-0.4, -0.2) is 30.9 Å². The van der Waals surface area contributed by atoms with Crippen molar-refractivity contribution in [2.24, 2.45) is 0 Å². The molecule has 2 atom stereocenters. The van der Waals surface area contributed by atoms with Crippen molar-refractivity contribution in [2.45, 2.75) is 141 Å². The minimum Gasteiger partial charge on any atom is -0.590 e. The maximum absolute atomic E-state index is 12.1. The summed E-state index contributed by atoms with van der Waals surface area (Å²) in [6.07, 6.45) is 28.2. The average Bonchev–Trinajstić information content (AvgIpc) is 2.71. The van der Waals surface area contributed by atoms with Gasteiger partial charge in [0.2, 0.25) is 0 Å². The number of nitrogens with zero attached hydrogens (tertiary/aromatic N) is 1. The van der Waals surface area contributed by atoms with Crippen LogP contribution in [0.15, 0.2) is 12.2 Å². The van der Waals surface area contributed by atoms with Gasteiger partial charge in [0.15, 0.2) is 0 Å². The van der Waals surface area contributed by atoms with Crippen LogP contribution in [0, 0.1) is 0 Å². The fourth-order valence-corrected chi connectivity index (χ4v) is 5.87. The Bertz CT molecular complexity index is 459. The van der Waals surface area contributed by atoms with Crippen molar-refractivity contribution in [2.75, 3.05) is 21.1 Å². The van der Waals surface area contributed by atoms with Crippen LogP contribution in [0.25, 0.3) is 0 Å². The van der Waals surface area contributed by atoms with Crippen molar-refractivity contribution < 1.29 is 13.9 Å². The van der Waals surface area contributed by atoms with Crippen LogP contribution in [0.5, 0.6) is 0 Å². The Morgan fingerprint density at radius 1 is 0.645 bits per heavy atom. The molecule has 0 N–H and O–H groups in total. The normalized spacial score (nSPS) is 14.8. The van der Waals surface area contributed by atoms with E-state index < -0.39 is 13.3 Å². The first-order chi connectivity index (χ1) is 14.8. The second-order valence-corrected chi connectivity index (χ2v) is 11.7. The van der Waals surface area contributed by atoms with Gasteiger partial charge in [-0.15, -0.1) is 0 Å². The lowest BCUT2D eigenvalue weighted by atomic mass is 9.99. The van der Waals surface area contributed by atoms with Crippen molar-refractivity contribution in [1.82, 2.24) is 0 Å². The van der Waals surface area contributed by atoms with Gasteiger partial charge >= 0.3 is 8.03 Å². The van der Waals surface area contributed by atoms with Crippen molar-refractivity contribution in [3.63, 3.8) is 0 Å². The molecule has 3 nitrogen and oxygen atoms in total. The van der Waals surface area contributed by atoms with E-state index in [4.69, 9.17) is 0 Å². The average molecular weight is 457 g/mol. The number of rotatable bonds is 22. The number of allylic oxidation sites excluding steroid dienone is 2. The van der Waals surface area contributed by atoms with Gasteiger partial charge in [-0.3, -0.25) is 4.48 Å². The minimum atomic E-state index is -2.42. The van der Waals surface area contributed by atoms with Gasteiger partial charge in [0.05, 0.1) is 21.1 Å². The summed E-state index contributed by atoms with van der Waals surface area (Å²) < 4.78 is 12.6. The van der Waals surface area contributed by atoms with Crippen LogP contribution in [-0.2, 0) is 4.57 Å². The van der Waals surface area contributed by atoms with Gasteiger partial charge in [-0.05, 0) is 38.5 Å². The molecular formula is C27H55NO2P+. The monoisotopic (exact) mass is 456 g/mol. The number of hydrogen-bond donors (Lipinski definition) is 0. The maximum atomic E-state index is 12.1. The Morgan fingerprint density at radius 2 is 1.06 bits per heavy atom. The third-order valence-corrected chi connectivity index (χ3v) is 8.55. The van der Waals surface area contributed by atoms with E-state index in [0.29, 0.717) is 4.48 Å². The molecule has 2 unspecified atom stereocenters. The lowest BCUT2D eigenvalue weighted by molar-refractivity contribution is -0.910. The third kappa shape index (κ3) is 14.5. The van der Waals surface area contributed by atoms with Crippen LogP contribution in [0.4, 0.5) is 0 Å². The lowest BCUT2D eigenvalue weighted by Gasteiger charge is -2.39. The summed E-state index contributed by atoms with van der Waals surface area (Å²) in [4.78, 5) is 12.1. The van der Waals surface area contributed by atoms with E-state index >= 15 is 0 Å². The molecular weight excluding hydrogens is 401 g/mol. The van der Waals surface area contributed by atoms with E-state index in [0.717, 1.165) is 32.1 Å². The van der Waals surface area contributed by atoms with Gasteiger partial charge in [-0.2, -0.15) is 0 Å². The topological polar surface area (TPSA) is 40.1 Å². The summed E-state index contributed by atoms with van der Waals surface area (Å²) in [5, 5.41) is -0.590. The van der Waals surface area contributed by atoms with Crippen LogP contribution in [0.1, 0.15) is 136 Å². The molecule has 0 amide bonds. The summed E-state index contributed by atoms with van der Waals surface area (Å²) in [7, 11) is 3.68. The van der Waals surface area contributed by atoms with Gasteiger partial charge < -0.3 is 4.89 Å². The zero-order chi connectivity index (χ0) is 23.4. The largest absolute Gasteiger partial charge is 0.590 e. The van der Waals surface area contributed by atoms with Crippen LogP contribution in [0.2, 0.25) is 0 Å². The number of hydrogen-bond acceptors (Lipinski definition) is 2. The Balaban J connectivity index is 3.66. The van der Waals surface area contributed by atoms with E-state index in [1.165, 1.54) is 89.9 Å². The van der Waals surface area contributed by atoms with Crippen molar-refractivity contribution >= 4 is 8.03 Å². The predicted octanol–water partition coefficient (Wildman–Crippen LogP) is 8.50. The van der Waals surface area contributed by atoms with Gasteiger partial charge in [0.25, 0.3) is 5.28 Å². The summed E-state index contributed by atoms with van der Waals surface area (Å²) >= 11 is 0. The van der Waals surface area contributed by atoms with Gasteiger partial charge in [-0.1, -0.05) is 101 Å². The second-order valence-electron chi connectivity index (χ2n) is 10.4. The van der Waals surface area contributed by atoms with E-state index in [-0.39, 0.29) is 0 Å². The Kier molecular flexibility index (Phi) is 19.1. The molecule has 31 heavy (non-hydrogen) atoms. The van der Waals surface area contributed by atoms with Gasteiger partial charge in [0.1, 0.15) is 0 Å². The molecule has 0 radical (unpaired) electrons. The highest BCUT2D eigenvalue weighted by molar-refractivity contribution is 7.38. The summed E-state index contributed by atoms with van der Waals surface area (Å²) in [6, 6.07) is 0. The highest BCUT2D eigenvalue weighted by Gasteiger charge is 2.53. The van der Waals surface area contributed by atoms with Gasteiger partial charge in [-0.25, -0.2) is 0 Å². The van der Waals surface area contributed by atoms with Crippen molar-refractivity contribution in [1.29, 1.82) is 0 Å². The predicted molar refractivity (Wildman–Crippen MR) is 137 cm³/mol. The minimum absolute atomic E-state index is 0.522. The molecule has 4 heteroatoms. The molecule has 0 aromatic heterocycles. The Labute approximate surface area is 196 Å². The molecule has 0 aliphatic carbocycles. The molecule has 0 aliphatic heterocycles. The van der Waals surface area contributed by atoms with Crippen molar-refractivity contribution in [3.05, 3.63) is 12.2 Å².